The highest BCUT2D eigenvalue weighted by Crippen LogP contribution is 2.21. The van der Waals surface area contributed by atoms with Crippen LogP contribution in [0.5, 0.6) is 0 Å². The molecule has 0 aliphatic carbocycles. The van der Waals surface area contributed by atoms with Crippen LogP contribution >= 0.6 is 0 Å². The molecule has 0 aliphatic rings. The van der Waals surface area contributed by atoms with E-state index < -0.39 is 18.5 Å². The van der Waals surface area contributed by atoms with E-state index in [1.165, 1.54) is 0 Å². The third-order valence-corrected chi connectivity index (χ3v) is 4.14. The lowest BCUT2D eigenvalue weighted by atomic mass is 10.2. The van der Waals surface area contributed by atoms with E-state index >= 15 is 0 Å². The second-order valence-electron chi connectivity index (χ2n) is 6.35. The van der Waals surface area contributed by atoms with Gasteiger partial charge in [0.1, 0.15) is 11.6 Å². The number of amides is 1. The van der Waals surface area contributed by atoms with Crippen LogP contribution in [0.1, 0.15) is 16.1 Å². The summed E-state index contributed by atoms with van der Waals surface area (Å²) in [6.45, 7) is 1.41. The van der Waals surface area contributed by atoms with Crippen LogP contribution in [0.15, 0.2) is 60.9 Å². The van der Waals surface area contributed by atoms with E-state index in [1.54, 1.807) is 42.7 Å². The van der Waals surface area contributed by atoms with Crippen molar-refractivity contribution in [3.63, 3.8) is 0 Å². The zero-order valence-corrected chi connectivity index (χ0v) is 15.5. The Hall–Kier alpha value is -4.07. The molecule has 8 heteroatoms. The number of fused-ring (bicyclic) bond motifs is 1. The molecule has 0 atom stereocenters. The number of nitrogens with one attached hydrogen (secondary N) is 2. The van der Waals surface area contributed by atoms with Crippen LogP contribution in [0.4, 0.5) is 5.82 Å². The first kappa shape index (κ1) is 18.3. The summed E-state index contributed by atoms with van der Waals surface area (Å²) in [5.41, 5.74) is 3.34. The number of aromatic nitrogens is 4. The molecule has 0 saturated heterocycles. The van der Waals surface area contributed by atoms with Gasteiger partial charge in [-0.1, -0.05) is 6.07 Å². The Balaban J connectivity index is 1.42. The number of rotatable bonds is 5. The smallest absolute Gasteiger partial charge is 0.338 e. The first-order valence-corrected chi connectivity index (χ1v) is 8.89. The molecule has 1 amide bonds. The monoisotopic (exact) mass is 387 g/mol. The maximum atomic E-state index is 12.3. The molecule has 4 rings (SSSR count). The Labute approximate surface area is 166 Å². The number of carbonyl (C=O) groups is 2. The fourth-order valence-electron chi connectivity index (χ4n) is 2.78. The Morgan fingerprint density at radius 3 is 2.79 bits per heavy atom. The molecule has 0 bridgehead atoms. The summed E-state index contributed by atoms with van der Waals surface area (Å²) in [5, 5.41) is 2.59. The number of pyridine rings is 2. The van der Waals surface area contributed by atoms with Gasteiger partial charge in [0.25, 0.3) is 5.91 Å². The predicted octanol–water partition coefficient (Wildman–Crippen LogP) is 3.12. The number of nitrogens with zero attached hydrogens (tertiary/aromatic N) is 3. The number of ether oxygens (including phenoxy) is 1. The normalized spacial score (nSPS) is 10.7. The third kappa shape index (κ3) is 4.27. The molecule has 1 aromatic carbocycles. The first-order chi connectivity index (χ1) is 14.1. The number of carbonyl (C=O) groups excluding carboxylic acids is 2. The molecule has 144 valence electrons. The Kier molecular flexibility index (Phi) is 4.98. The van der Waals surface area contributed by atoms with Crippen molar-refractivity contribution in [3.8, 4) is 11.4 Å². The van der Waals surface area contributed by atoms with Crippen LogP contribution in [0.2, 0.25) is 0 Å². The van der Waals surface area contributed by atoms with Crippen LogP contribution in [0, 0.1) is 6.92 Å². The second kappa shape index (κ2) is 7.89. The number of esters is 1. The van der Waals surface area contributed by atoms with E-state index in [-0.39, 0.29) is 0 Å². The second-order valence-corrected chi connectivity index (χ2v) is 6.35. The molecular formula is C21H17N5O3. The van der Waals surface area contributed by atoms with E-state index in [4.69, 9.17) is 4.74 Å². The first-order valence-electron chi connectivity index (χ1n) is 8.89. The van der Waals surface area contributed by atoms with Crippen molar-refractivity contribution in [2.45, 2.75) is 6.92 Å². The van der Waals surface area contributed by atoms with Crippen LogP contribution in [-0.4, -0.2) is 38.4 Å². The molecule has 0 spiro atoms. The van der Waals surface area contributed by atoms with Gasteiger partial charge in [0.05, 0.1) is 16.6 Å². The summed E-state index contributed by atoms with van der Waals surface area (Å²) in [5.74, 6) is 0.00576. The third-order valence-electron chi connectivity index (χ3n) is 4.14. The van der Waals surface area contributed by atoms with Gasteiger partial charge in [-0.3, -0.25) is 9.78 Å². The van der Waals surface area contributed by atoms with Crippen molar-refractivity contribution in [1.29, 1.82) is 0 Å². The topological polar surface area (TPSA) is 110 Å². The zero-order valence-electron chi connectivity index (χ0n) is 15.5. The number of hydrogen-bond donors (Lipinski definition) is 2. The van der Waals surface area contributed by atoms with Gasteiger partial charge >= 0.3 is 5.97 Å². The lowest BCUT2D eigenvalue weighted by Crippen LogP contribution is -2.21. The van der Waals surface area contributed by atoms with E-state index in [9.17, 15) is 9.59 Å². The lowest BCUT2D eigenvalue weighted by molar-refractivity contribution is -0.119. The number of hydrogen-bond acceptors (Lipinski definition) is 6. The fourth-order valence-corrected chi connectivity index (χ4v) is 2.78. The fraction of sp³-hybridized carbons (Fsp3) is 0.0952. The number of aromatic amines is 1. The Morgan fingerprint density at radius 2 is 2.00 bits per heavy atom. The average molecular weight is 387 g/mol. The van der Waals surface area contributed by atoms with E-state index in [2.05, 4.69) is 25.3 Å². The molecule has 8 nitrogen and oxygen atoms in total. The SMILES string of the molecule is Cc1cccc(NC(=O)COC(=O)c2ccc3nc(-c4cccnc4)[nH]c3c2)n1. The van der Waals surface area contributed by atoms with E-state index in [0.29, 0.717) is 28.2 Å². The van der Waals surface area contributed by atoms with Gasteiger partial charge in [0, 0.05) is 23.7 Å². The Morgan fingerprint density at radius 1 is 1.10 bits per heavy atom. The number of H-pyrrole nitrogens is 1. The number of aryl methyl sites for hydroxylation is 1. The molecular weight excluding hydrogens is 370 g/mol. The highest BCUT2D eigenvalue weighted by atomic mass is 16.5. The van der Waals surface area contributed by atoms with Crippen molar-refractivity contribution in [1.82, 2.24) is 19.9 Å². The van der Waals surface area contributed by atoms with Crippen LogP contribution in [0.25, 0.3) is 22.4 Å². The van der Waals surface area contributed by atoms with Gasteiger partial charge < -0.3 is 15.0 Å². The van der Waals surface area contributed by atoms with Crippen molar-refractivity contribution in [2.75, 3.05) is 11.9 Å². The molecule has 0 aliphatic heterocycles. The summed E-state index contributed by atoms with van der Waals surface area (Å²) < 4.78 is 5.11. The maximum Gasteiger partial charge on any atom is 0.338 e. The molecule has 2 N–H and O–H groups in total. The minimum absolute atomic E-state index is 0.320. The molecule has 0 saturated carbocycles. The highest BCUT2D eigenvalue weighted by molar-refractivity contribution is 5.97. The van der Waals surface area contributed by atoms with Gasteiger partial charge in [-0.15, -0.1) is 0 Å². The van der Waals surface area contributed by atoms with Crippen molar-refractivity contribution < 1.29 is 14.3 Å². The summed E-state index contributed by atoms with van der Waals surface area (Å²) in [6.07, 6.45) is 3.39. The molecule has 0 fully saturated rings. The van der Waals surface area contributed by atoms with Gasteiger partial charge in [0.15, 0.2) is 6.61 Å². The summed E-state index contributed by atoms with van der Waals surface area (Å²) in [4.78, 5) is 40.2. The molecule has 4 aromatic rings. The van der Waals surface area contributed by atoms with Crippen molar-refractivity contribution >= 4 is 28.7 Å². The molecule has 29 heavy (non-hydrogen) atoms. The molecule has 3 aromatic heterocycles. The van der Waals surface area contributed by atoms with Crippen molar-refractivity contribution in [3.05, 3.63) is 72.2 Å². The van der Waals surface area contributed by atoms with Gasteiger partial charge in [-0.05, 0) is 49.4 Å². The van der Waals surface area contributed by atoms with Crippen LogP contribution < -0.4 is 5.32 Å². The quantitative estimate of drug-likeness (QED) is 0.509. The van der Waals surface area contributed by atoms with Crippen LogP contribution in [-0.2, 0) is 9.53 Å². The molecule has 0 radical (unpaired) electrons. The van der Waals surface area contributed by atoms with Gasteiger partial charge in [-0.2, -0.15) is 0 Å². The van der Waals surface area contributed by atoms with Crippen LogP contribution in [0.3, 0.4) is 0 Å². The number of benzene rings is 1. The average Bonchev–Trinajstić information content (AvgIpc) is 3.16. The molecule has 0 unspecified atom stereocenters. The standard InChI is InChI=1S/C21H17N5O3/c1-13-4-2-6-18(23-13)26-19(27)12-29-21(28)14-7-8-16-17(10-14)25-20(24-16)15-5-3-9-22-11-15/h2-11H,12H2,1H3,(H,24,25)(H,23,26,27). The predicted molar refractivity (Wildman–Crippen MR) is 107 cm³/mol. The summed E-state index contributed by atoms with van der Waals surface area (Å²) in [6, 6.07) is 14.0. The van der Waals surface area contributed by atoms with E-state index in [1.807, 2.05) is 25.1 Å². The van der Waals surface area contributed by atoms with Gasteiger partial charge in [-0.25, -0.2) is 14.8 Å². The number of imidazole rings is 1. The van der Waals surface area contributed by atoms with Crippen molar-refractivity contribution in [2.24, 2.45) is 0 Å². The summed E-state index contributed by atoms with van der Waals surface area (Å²) in [7, 11) is 0. The molecule has 3 heterocycles. The Bertz CT molecular complexity index is 1190. The minimum atomic E-state index is -0.600. The maximum absolute atomic E-state index is 12.3. The van der Waals surface area contributed by atoms with E-state index in [0.717, 1.165) is 11.3 Å². The highest BCUT2D eigenvalue weighted by Gasteiger charge is 2.13. The zero-order chi connectivity index (χ0) is 20.2. The lowest BCUT2D eigenvalue weighted by Gasteiger charge is -2.06. The minimum Gasteiger partial charge on any atom is -0.452 e. The van der Waals surface area contributed by atoms with Gasteiger partial charge in [0.2, 0.25) is 0 Å². The number of anilines is 1. The summed E-state index contributed by atoms with van der Waals surface area (Å²) >= 11 is 0. The largest absolute Gasteiger partial charge is 0.452 e.